The van der Waals surface area contributed by atoms with Crippen molar-refractivity contribution in [1.82, 2.24) is 9.62 Å². The second kappa shape index (κ2) is 8.70. The van der Waals surface area contributed by atoms with Crippen LogP contribution < -0.4 is 10.1 Å². The number of nitrogens with zero attached hydrogens (tertiary/aromatic N) is 1. The van der Waals surface area contributed by atoms with Gasteiger partial charge in [0.05, 0.1) is 25.2 Å². The highest BCUT2D eigenvalue weighted by Crippen LogP contribution is 2.29. The van der Waals surface area contributed by atoms with Crippen molar-refractivity contribution in [3.63, 3.8) is 0 Å². The largest absolute Gasteiger partial charge is 0.497 e. The summed E-state index contributed by atoms with van der Waals surface area (Å²) in [6, 6.07) is 12.1. The molecule has 4 rings (SSSR count). The maximum absolute atomic E-state index is 12.9. The van der Waals surface area contributed by atoms with Gasteiger partial charge in [0, 0.05) is 30.6 Å². The SMILES string of the molecule is COc1ccc(CNC(=O)c2oc3ccc(S(=O)(=O)N4CCOCC4)cc3c2C)cc1. The molecule has 0 spiro atoms. The number of aryl methyl sites for hydroxylation is 1. The Labute approximate surface area is 180 Å². The molecule has 1 aromatic heterocycles. The maximum atomic E-state index is 12.9. The molecule has 164 valence electrons. The molecule has 1 aliphatic heterocycles. The van der Waals surface area contributed by atoms with Crippen molar-refractivity contribution in [2.24, 2.45) is 0 Å². The van der Waals surface area contributed by atoms with Crippen molar-refractivity contribution in [2.45, 2.75) is 18.4 Å². The van der Waals surface area contributed by atoms with Gasteiger partial charge in [-0.05, 0) is 42.8 Å². The normalized spacial score (nSPS) is 15.2. The van der Waals surface area contributed by atoms with Crippen molar-refractivity contribution in [3.8, 4) is 5.75 Å². The molecule has 1 fully saturated rings. The quantitative estimate of drug-likeness (QED) is 0.628. The van der Waals surface area contributed by atoms with E-state index >= 15 is 0 Å². The van der Waals surface area contributed by atoms with Crippen LogP contribution in [0.1, 0.15) is 21.7 Å². The molecule has 3 aromatic rings. The van der Waals surface area contributed by atoms with Crippen molar-refractivity contribution < 1.29 is 27.1 Å². The van der Waals surface area contributed by atoms with E-state index in [-0.39, 0.29) is 16.6 Å². The minimum absolute atomic E-state index is 0.171. The number of carbonyl (C=O) groups is 1. The summed E-state index contributed by atoms with van der Waals surface area (Å²) in [6.07, 6.45) is 0. The number of furan rings is 1. The zero-order valence-corrected chi connectivity index (χ0v) is 18.2. The van der Waals surface area contributed by atoms with Crippen molar-refractivity contribution in [1.29, 1.82) is 0 Å². The number of hydrogen-bond donors (Lipinski definition) is 1. The van der Waals surface area contributed by atoms with E-state index in [0.717, 1.165) is 11.3 Å². The van der Waals surface area contributed by atoms with Gasteiger partial charge in [-0.15, -0.1) is 0 Å². The average Bonchev–Trinajstić information content (AvgIpc) is 3.14. The highest BCUT2D eigenvalue weighted by Gasteiger charge is 2.27. The summed E-state index contributed by atoms with van der Waals surface area (Å²) in [7, 11) is -2.04. The van der Waals surface area contributed by atoms with Crippen LogP contribution in [0.4, 0.5) is 0 Å². The third kappa shape index (κ3) is 4.30. The van der Waals surface area contributed by atoms with E-state index in [2.05, 4.69) is 5.32 Å². The van der Waals surface area contributed by atoms with E-state index in [9.17, 15) is 13.2 Å². The van der Waals surface area contributed by atoms with Crippen molar-refractivity contribution in [3.05, 3.63) is 59.4 Å². The number of ether oxygens (including phenoxy) is 2. The van der Waals surface area contributed by atoms with E-state index in [1.165, 1.54) is 10.4 Å². The van der Waals surface area contributed by atoms with Crippen molar-refractivity contribution in [2.75, 3.05) is 33.4 Å². The molecular formula is C22H24N2O6S. The summed E-state index contributed by atoms with van der Waals surface area (Å²) < 4.78 is 43.4. The molecule has 0 aliphatic carbocycles. The van der Waals surface area contributed by atoms with E-state index in [1.54, 1.807) is 26.2 Å². The van der Waals surface area contributed by atoms with Crippen LogP contribution in [0.5, 0.6) is 5.75 Å². The first-order valence-corrected chi connectivity index (χ1v) is 11.4. The smallest absolute Gasteiger partial charge is 0.287 e. The van der Waals surface area contributed by atoms with Gasteiger partial charge in [-0.1, -0.05) is 12.1 Å². The fraction of sp³-hybridized carbons (Fsp3) is 0.318. The first-order valence-electron chi connectivity index (χ1n) is 9.92. The number of morpholine rings is 1. The molecule has 9 heteroatoms. The van der Waals surface area contributed by atoms with Crippen LogP contribution in [-0.2, 0) is 21.3 Å². The Morgan fingerprint density at radius 1 is 1.13 bits per heavy atom. The van der Waals surface area contributed by atoms with Gasteiger partial charge in [-0.2, -0.15) is 4.31 Å². The van der Waals surface area contributed by atoms with Gasteiger partial charge in [0.1, 0.15) is 11.3 Å². The summed E-state index contributed by atoms with van der Waals surface area (Å²) >= 11 is 0. The first kappa shape index (κ1) is 21.4. The zero-order chi connectivity index (χ0) is 22.0. The first-order chi connectivity index (χ1) is 14.9. The van der Waals surface area contributed by atoms with Crippen LogP contribution in [0.3, 0.4) is 0 Å². The van der Waals surface area contributed by atoms with E-state index in [0.29, 0.717) is 49.4 Å². The summed E-state index contributed by atoms with van der Waals surface area (Å²) in [4.78, 5) is 12.9. The average molecular weight is 445 g/mol. The molecule has 1 aliphatic rings. The summed E-state index contributed by atoms with van der Waals surface area (Å²) in [5.74, 6) is 0.553. The third-order valence-corrected chi connectivity index (χ3v) is 7.23. The maximum Gasteiger partial charge on any atom is 0.287 e. The van der Waals surface area contributed by atoms with Gasteiger partial charge < -0.3 is 19.2 Å². The zero-order valence-electron chi connectivity index (χ0n) is 17.4. The van der Waals surface area contributed by atoms with Crippen LogP contribution >= 0.6 is 0 Å². The molecule has 2 heterocycles. The lowest BCUT2D eigenvalue weighted by atomic mass is 10.1. The number of fused-ring (bicyclic) bond motifs is 1. The monoisotopic (exact) mass is 444 g/mol. The molecule has 0 saturated carbocycles. The molecule has 1 amide bonds. The third-order valence-electron chi connectivity index (χ3n) is 5.33. The minimum atomic E-state index is -3.63. The molecule has 2 aromatic carbocycles. The summed E-state index contributed by atoms with van der Waals surface area (Å²) in [5, 5.41) is 3.44. The van der Waals surface area contributed by atoms with Gasteiger partial charge in [0.15, 0.2) is 5.76 Å². The van der Waals surface area contributed by atoms with Gasteiger partial charge in [0.25, 0.3) is 5.91 Å². The Kier molecular flexibility index (Phi) is 5.99. The van der Waals surface area contributed by atoms with Crippen LogP contribution in [0.25, 0.3) is 11.0 Å². The molecule has 1 saturated heterocycles. The summed E-state index contributed by atoms with van der Waals surface area (Å²) in [6.45, 7) is 3.48. The molecule has 0 unspecified atom stereocenters. The van der Waals surface area contributed by atoms with Crippen LogP contribution in [0, 0.1) is 6.92 Å². The molecular weight excluding hydrogens is 420 g/mol. The molecule has 0 atom stereocenters. The Hall–Kier alpha value is -2.88. The Balaban J connectivity index is 1.55. The van der Waals surface area contributed by atoms with E-state index < -0.39 is 10.0 Å². The molecule has 0 bridgehead atoms. The van der Waals surface area contributed by atoms with Crippen LogP contribution in [0.2, 0.25) is 0 Å². The lowest BCUT2D eigenvalue weighted by molar-refractivity contribution is 0.0730. The number of benzene rings is 2. The number of sulfonamides is 1. The molecule has 1 N–H and O–H groups in total. The van der Waals surface area contributed by atoms with Gasteiger partial charge in [-0.3, -0.25) is 4.79 Å². The topological polar surface area (TPSA) is 98.1 Å². The molecule has 0 radical (unpaired) electrons. The van der Waals surface area contributed by atoms with Crippen molar-refractivity contribution >= 4 is 26.9 Å². The van der Waals surface area contributed by atoms with Gasteiger partial charge in [0.2, 0.25) is 10.0 Å². The number of methoxy groups -OCH3 is 1. The highest BCUT2D eigenvalue weighted by atomic mass is 32.2. The van der Waals surface area contributed by atoms with E-state index in [1.807, 2.05) is 24.3 Å². The fourth-order valence-electron chi connectivity index (χ4n) is 3.52. The highest BCUT2D eigenvalue weighted by molar-refractivity contribution is 7.89. The Morgan fingerprint density at radius 2 is 1.84 bits per heavy atom. The predicted octanol–water partition coefficient (Wildman–Crippen LogP) is 2.70. The fourth-order valence-corrected chi connectivity index (χ4v) is 4.95. The lowest BCUT2D eigenvalue weighted by Gasteiger charge is -2.26. The predicted molar refractivity (Wildman–Crippen MR) is 115 cm³/mol. The Bertz CT molecular complexity index is 1190. The Morgan fingerprint density at radius 3 is 2.52 bits per heavy atom. The lowest BCUT2D eigenvalue weighted by Crippen LogP contribution is -2.40. The van der Waals surface area contributed by atoms with Gasteiger partial charge >= 0.3 is 0 Å². The number of amides is 1. The number of hydrogen-bond acceptors (Lipinski definition) is 6. The standard InChI is InChI=1S/C22H24N2O6S/c1-15-19-13-18(31(26,27)24-9-11-29-12-10-24)7-8-20(19)30-21(15)22(25)23-14-16-3-5-17(28-2)6-4-16/h3-8,13H,9-12,14H2,1-2H3,(H,23,25). The second-order valence-corrected chi connectivity index (χ2v) is 9.20. The van der Waals surface area contributed by atoms with E-state index in [4.69, 9.17) is 13.9 Å². The second-order valence-electron chi connectivity index (χ2n) is 7.26. The van der Waals surface area contributed by atoms with Gasteiger partial charge in [-0.25, -0.2) is 8.42 Å². The molecule has 31 heavy (non-hydrogen) atoms. The number of carbonyl (C=O) groups excluding carboxylic acids is 1. The van der Waals surface area contributed by atoms with Crippen LogP contribution in [-0.4, -0.2) is 52.0 Å². The molecule has 8 nitrogen and oxygen atoms in total. The number of nitrogens with one attached hydrogen (secondary N) is 1. The minimum Gasteiger partial charge on any atom is -0.497 e. The number of rotatable bonds is 6. The van der Waals surface area contributed by atoms with Crippen LogP contribution in [0.15, 0.2) is 51.8 Å². The summed E-state index contributed by atoms with van der Waals surface area (Å²) in [5.41, 5.74) is 1.98.